The zero-order valence-electron chi connectivity index (χ0n) is 29.9. The normalized spacial score (nSPS) is 10.6. The summed E-state index contributed by atoms with van der Waals surface area (Å²) in [5, 5.41) is 33.4. The highest BCUT2D eigenvalue weighted by Crippen LogP contribution is 2.29. The molecule has 0 atom stereocenters. The Morgan fingerprint density at radius 2 is 1.20 bits per heavy atom. The fraction of sp³-hybridized carbons (Fsp3) is 0.154. The van der Waals surface area contributed by atoms with E-state index >= 15 is 0 Å². The molecule has 0 aliphatic heterocycles. The van der Waals surface area contributed by atoms with Gasteiger partial charge in [-0.15, -0.1) is 0 Å². The molecule has 0 aliphatic carbocycles. The fourth-order valence-corrected chi connectivity index (χ4v) is 5.68. The number of rotatable bonds is 12. The molecule has 6 aromatic rings. The SMILES string of the molecule is CC(=O)c1c(-c2ccncc2)nn(CCO)c(=O)c1Nc1cccc(Cl)c1.CCn1nc(-c2ccncc2)c(C(C)=O)c(Nc2ccc(C(=O)O)cc2)c1=O. The van der Waals surface area contributed by atoms with Gasteiger partial charge in [-0.2, -0.15) is 10.2 Å². The van der Waals surface area contributed by atoms with E-state index in [-0.39, 0.29) is 52.8 Å². The minimum atomic E-state index is -1.05. The van der Waals surface area contributed by atoms with Crippen molar-refractivity contribution in [2.45, 2.75) is 33.9 Å². The first kappa shape index (κ1) is 39.4. The van der Waals surface area contributed by atoms with Crippen molar-refractivity contribution in [3.8, 4) is 22.5 Å². The molecule has 15 nitrogen and oxygen atoms in total. The maximum Gasteiger partial charge on any atom is 0.335 e. The summed E-state index contributed by atoms with van der Waals surface area (Å²) in [4.78, 5) is 69.6. The molecule has 0 radical (unpaired) electrons. The second-order valence-corrected chi connectivity index (χ2v) is 12.2. The molecule has 4 N–H and O–H groups in total. The second kappa shape index (κ2) is 17.8. The number of carboxylic acid groups (broad SMARTS) is 1. The number of carbonyl (C=O) groups excluding carboxylic acids is 2. The van der Waals surface area contributed by atoms with Crippen molar-refractivity contribution in [1.29, 1.82) is 0 Å². The molecule has 0 aliphatic rings. The lowest BCUT2D eigenvalue weighted by molar-refractivity contribution is 0.0696. The molecule has 0 saturated heterocycles. The van der Waals surface area contributed by atoms with E-state index in [1.165, 1.54) is 42.8 Å². The Balaban J connectivity index is 0.000000211. The van der Waals surface area contributed by atoms with Gasteiger partial charge in [0.2, 0.25) is 0 Å². The van der Waals surface area contributed by atoms with Crippen molar-refractivity contribution in [2.75, 3.05) is 17.2 Å². The minimum Gasteiger partial charge on any atom is -0.478 e. The van der Waals surface area contributed by atoms with Crippen molar-refractivity contribution in [2.24, 2.45) is 0 Å². The van der Waals surface area contributed by atoms with Gasteiger partial charge in [0.05, 0.1) is 29.8 Å². The summed E-state index contributed by atoms with van der Waals surface area (Å²) in [6.45, 7) is 4.58. The smallest absolute Gasteiger partial charge is 0.335 e. The predicted molar refractivity (Wildman–Crippen MR) is 208 cm³/mol. The lowest BCUT2D eigenvalue weighted by atomic mass is 10.0. The predicted octanol–water partition coefficient (Wildman–Crippen LogP) is 5.87. The molecule has 0 spiro atoms. The molecule has 4 aromatic heterocycles. The van der Waals surface area contributed by atoms with E-state index in [9.17, 15) is 29.1 Å². The number of carbonyl (C=O) groups is 3. The number of aliphatic hydroxyl groups excluding tert-OH is 1. The molecular formula is C39H35ClN8O7. The Bertz CT molecular complexity index is 2470. The van der Waals surface area contributed by atoms with Gasteiger partial charge in [0.1, 0.15) is 22.8 Å². The molecule has 0 amide bonds. The Labute approximate surface area is 318 Å². The standard InChI is InChI=1S/C20H18N4O4.C19H17ClN4O3/c1-3-24-19(26)18(22-15-6-4-14(5-7-15)20(27)28)16(12(2)25)17(23-24)13-8-10-21-11-9-13;1-12(26)16-17(13-5-7-21-8-6-13)23-24(9-10-25)19(27)18(16)22-15-4-2-3-14(20)11-15/h4-11,22H,3H2,1-2H3,(H,27,28);2-8,11,22,25H,9-10H2,1H3. The van der Waals surface area contributed by atoms with E-state index in [2.05, 4.69) is 30.8 Å². The number of nitrogens with one attached hydrogen (secondary N) is 2. The first-order chi connectivity index (χ1) is 26.4. The molecule has 0 unspecified atom stereocenters. The zero-order valence-corrected chi connectivity index (χ0v) is 30.6. The summed E-state index contributed by atoms with van der Waals surface area (Å²) in [6.07, 6.45) is 6.32. The number of aliphatic hydroxyl groups is 1. The number of halogens is 1. The summed E-state index contributed by atoms with van der Waals surface area (Å²) in [5.41, 5.74) is 2.74. The van der Waals surface area contributed by atoms with Gasteiger partial charge in [0.25, 0.3) is 11.1 Å². The third-order valence-electron chi connectivity index (χ3n) is 8.03. The van der Waals surface area contributed by atoms with Crippen molar-refractivity contribution in [1.82, 2.24) is 29.5 Å². The number of nitrogens with zero attached hydrogens (tertiary/aromatic N) is 6. The topological polar surface area (TPSA) is 211 Å². The number of pyridine rings is 2. The molecule has 6 rings (SSSR count). The number of hydrogen-bond acceptors (Lipinski definition) is 12. The van der Waals surface area contributed by atoms with E-state index in [0.717, 1.165) is 4.68 Å². The number of aromatic carboxylic acids is 1. The van der Waals surface area contributed by atoms with Crippen LogP contribution in [0.1, 0.15) is 51.8 Å². The van der Waals surface area contributed by atoms with Crippen LogP contribution < -0.4 is 21.8 Å². The van der Waals surface area contributed by atoms with Gasteiger partial charge in [-0.05, 0) is 87.5 Å². The van der Waals surface area contributed by atoms with Gasteiger partial charge in [0.15, 0.2) is 11.6 Å². The molecule has 280 valence electrons. The lowest BCUT2D eigenvalue weighted by Crippen LogP contribution is -2.29. The summed E-state index contributed by atoms with van der Waals surface area (Å²) >= 11 is 6.02. The van der Waals surface area contributed by atoms with Crippen LogP contribution in [-0.4, -0.2) is 63.9 Å². The van der Waals surface area contributed by atoms with Crippen LogP contribution in [0.4, 0.5) is 22.7 Å². The summed E-state index contributed by atoms with van der Waals surface area (Å²) in [5.74, 6) is -1.68. The fourth-order valence-electron chi connectivity index (χ4n) is 5.49. The number of aromatic nitrogens is 6. The summed E-state index contributed by atoms with van der Waals surface area (Å²) in [7, 11) is 0. The van der Waals surface area contributed by atoms with Crippen LogP contribution in [0.25, 0.3) is 22.5 Å². The number of aryl methyl sites for hydroxylation is 1. The summed E-state index contributed by atoms with van der Waals surface area (Å²) in [6, 6.07) is 19.6. The van der Waals surface area contributed by atoms with Crippen LogP contribution in [0.2, 0.25) is 5.02 Å². The van der Waals surface area contributed by atoms with Crippen LogP contribution >= 0.6 is 11.6 Å². The Kier molecular flexibility index (Phi) is 12.7. The first-order valence-electron chi connectivity index (χ1n) is 16.8. The number of hydrogen-bond donors (Lipinski definition) is 4. The number of carboxylic acids is 1. The molecule has 55 heavy (non-hydrogen) atoms. The van der Waals surface area contributed by atoms with Crippen molar-refractivity contribution in [3.05, 3.63) is 140 Å². The highest BCUT2D eigenvalue weighted by atomic mass is 35.5. The molecule has 0 saturated carbocycles. The van der Waals surface area contributed by atoms with Gasteiger partial charge in [0, 0.05) is 58.9 Å². The molecular weight excluding hydrogens is 728 g/mol. The maximum atomic E-state index is 12.9. The van der Waals surface area contributed by atoms with Gasteiger partial charge < -0.3 is 20.8 Å². The number of Topliss-reactive ketones (excluding diaryl/α,β-unsaturated/α-hetero) is 2. The molecule has 2 aromatic carbocycles. The van der Waals surface area contributed by atoms with Crippen LogP contribution in [-0.2, 0) is 13.1 Å². The average molecular weight is 763 g/mol. The second-order valence-electron chi connectivity index (χ2n) is 11.8. The number of anilines is 4. The minimum absolute atomic E-state index is 0.000667. The summed E-state index contributed by atoms with van der Waals surface area (Å²) < 4.78 is 2.41. The van der Waals surface area contributed by atoms with Crippen LogP contribution in [0.3, 0.4) is 0 Å². The van der Waals surface area contributed by atoms with E-state index < -0.39 is 17.1 Å². The van der Waals surface area contributed by atoms with E-state index in [0.29, 0.717) is 45.5 Å². The third-order valence-corrected chi connectivity index (χ3v) is 8.26. The quantitative estimate of drug-likeness (QED) is 0.108. The molecule has 0 fully saturated rings. The maximum absolute atomic E-state index is 12.9. The van der Waals surface area contributed by atoms with E-state index in [4.69, 9.17) is 16.7 Å². The van der Waals surface area contributed by atoms with E-state index in [1.807, 2.05) is 0 Å². The van der Waals surface area contributed by atoms with Gasteiger partial charge >= 0.3 is 5.97 Å². The molecule has 16 heteroatoms. The van der Waals surface area contributed by atoms with Crippen molar-refractivity contribution < 1.29 is 24.6 Å². The van der Waals surface area contributed by atoms with Crippen LogP contribution in [0.15, 0.2) is 107 Å². The van der Waals surface area contributed by atoms with Gasteiger partial charge in [-0.1, -0.05) is 17.7 Å². The highest BCUT2D eigenvalue weighted by molar-refractivity contribution is 6.30. The molecule has 0 bridgehead atoms. The van der Waals surface area contributed by atoms with Gasteiger partial charge in [-0.25, -0.2) is 14.2 Å². The lowest BCUT2D eigenvalue weighted by Gasteiger charge is -2.16. The van der Waals surface area contributed by atoms with Crippen LogP contribution in [0.5, 0.6) is 0 Å². The monoisotopic (exact) mass is 762 g/mol. The average Bonchev–Trinajstić information content (AvgIpc) is 3.18. The van der Waals surface area contributed by atoms with Crippen molar-refractivity contribution >= 4 is 51.9 Å². The third kappa shape index (κ3) is 9.22. The Hall–Kier alpha value is -6.84. The highest BCUT2D eigenvalue weighted by Gasteiger charge is 2.23. The number of benzene rings is 2. The van der Waals surface area contributed by atoms with Gasteiger partial charge in [-0.3, -0.25) is 29.1 Å². The Morgan fingerprint density at radius 3 is 1.65 bits per heavy atom. The van der Waals surface area contributed by atoms with Crippen molar-refractivity contribution in [3.63, 3.8) is 0 Å². The largest absolute Gasteiger partial charge is 0.478 e. The first-order valence-corrected chi connectivity index (χ1v) is 17.2. The van der Waals surface area contributed by atoms with E-state index in [1.54, 1.807) is 80.2 Å². The molecule has 4 heterocycles. The number of ketones is 2. The Morgan fingerprint density at radius 1 is 0.709 bits per heavy atom. The van der Waals surface area contributed by atoms with Crippen LogP contribution in [0, 0.1) is 0 Å². The zero-order chi connectivity index (χ0) is 39.6.